The van der Waals surface area contributed by atoms with E-state index in [-0.39, 0.29) is 23.7 Å². The summed E-state index contributed by atoms with van der Waals surface area (Å²) in [5.41, 5.74) is -0.148. The fourth-order valence-electron chi connectivity index (χ4n) is 1.34. The van der Waals surface area contributed by atoms with Crippen LogP contribution in [0.1, 0.15) is 48.0 Å². The molecule has 0 unspecified atom stereocenters. The quantitative estimate of drug-likeness (QED) is 0.634. The predicted molar refractivity (Wildman–Crippen MR) is 81.9 cm³/mol. The lowest BCUT2D eigenvalue weighted by atomic mass is 10.1. The Balaban J connectivity index is 3.34. The van der Waals surface area contributed by atoms with E-state index in [2.05, 4.69) is 31.4 Å². The van der Waals surface area contributed by atoms with Crippen LogP contribution in [0.3, 0.4) is 0 Å². The van der Waals surface area contributed by atoms with Crippen molar-refractivity contribution in [3.05, 3.63) is 0 Å². The maximum absolute atomic E-state index is 11.4. The largest absolute Gasteiger partial charge is 0.380 e. The van der Waals surface area contributed by atoms with Crippen LogP contribution >= 0.6 is 0 Å². The molecule has 0 heterocycles. The lowest BCUT2D eigenvalue weighted by molar-refractivity contribution is -0.130. The Morgan fingerprint density at radius 1 is 1.00 bits per heavy atom. The smallest absolute Gasteiger partial charge is 0.246 e. The summed E-state index contributed by atoms with van der Waals surface area (Å²) in [6.45, 7) is 15.1. The second-order valence-electron chi connectivity index (χ2n) is 6.89. The Morgan fingerprint density at radius 3 is 2.20 bits per heavy atom. The molecule has 0 spiro atoms. The molecular formula is C15H32N2O3. The van der Waals surface area contributed by atoms with E-state index >= 15 is 0 Å². The number of ether oxygens (including phenoxy) is 2. The number of carbonyl (C=O) groups excluding carboxylic acids is 1. The van der Waals surface area contributed by atoms with E-state index in [9.17, 15) is 4.79 Å². The van der Waals surface area contributed by atoms with Crippen LogP contribution in [0.15, 0.2) is 0 Å². The zero-order valence-corrected chi connectivity index (χ0v) is 14.0. The normalized spacial score (nSPS) is 12.5. The van der Waals surface area contributed by atoms with Gasteiger partial charge in [-0.1, -0.05) is 0 Å². The van der Waals surface area contributed by atoms with E-state index < -0.39 is 0 Å². The molecule has 20 heavy (non-hydrogen) atoms. The van der Waals surface area contributed by atoms with Crippen molar-refractivity contribution in [3.8, 4) is 0 Å². The van der Waals surface area contributed by atoms with Gasteiger partial charge in [-0.2, -0.15) is 0 Å². The molecule has 0 aliphatic carbocycles. The molecule has 2 N–H and O–H groups in total. The fraction of sp³-hybridized carbons (Fsp3) is 0.933. The highest BCUT2D eigenvalue weighted by Crippen LogP contribution is 2.05. The summed E-state index contributed by atoms with van der Waals surface area (Å²) < 4.78 is 10.9. The third-order valence-corrected chi connectivity index (χ3v) is 2.33. The molecule has 0 rings (SSSR count). The van der Waals surface area contributed by atoms with Crippen LogP contribution in [0.5, 0.6) is 0 Å². The number of hydrogen-bond acceptors (Lipinski definition) is 4. The Kier molecular flexibility index (Phi) is 9.01. The maximum atomic E-state index is 11.4. The lowest BCUT2D eigenvalue weighted by Gasteiger charge is -2.20. The SMILES string of the molecule is CC(C)(C)NCCOCCCNC(=O)COC(C)(C)C. The van der Waals surface area contributed by atoms with E-state index in [0.717, 1.165) is 13.0 Å². The predicted octanol–water partition coefficient (Wildman–Crippen LogP) is 1.71. The van der Waals surface area contributed by atoms with Gasteiger partial charge in [-0.15, -0.1) is 0 Å². The highest BCUT2D eigenvalue weighted by atomic mass is 16.5. The molecule has 0 aromatic carbocycles. The fourth-order valence-corrected chi connectivity index (χ4v) is 1.34. The van der Waals surface area contributed by atoms with Crippen molar-refractivity contribution in [1.29, 1.82) is 0 Å². The number of nitrogens with one attached hydrogen (secondary N) is 2. The van der Waals surface area contributed by atoms with E-state index in [0.29, 0.717) is 19.8 Å². The zero-order chi connectivity index (χ0) is 15.6. The van der Waals surface area contributed by atoms with Gasteiger partial charge in [0.1, 0.15) is 6.61 Å². The van der Waals surface area contributed by atoms with Gasteiger partial charge >= 0.3 is 0 Å². The van der Waals surface area contributed by atoms with Crippen LogP contribution in [0.4, 0.5) is 0 Å². The van der Waals surface area contributed by atoms with Crippen LogP contribution in [-0.4, -0.2) is 50.0 Å². The van der Waals surface area contributed by atoms with Gasteiger partial charge in [-0.25, -0.2) is 0 Å². The lowest BCUT2D eigenvalue weighted by Crippen LogP contribution is -2.38. The summed E-state index contributed by atoms with van der Waals surface area (Å²) in [4.78, 5) is 11.4. The first kappa shape index (κ1) is 19.4. The summed E-state index contributed by atoms with van der Waals surface area (Å²) in [5, 5.41) is 6.16. The second kappa shape index (κ2) is 9.32. The zero-order valence-electron chi connectivity index (χ0n) is 14.0. The first-order valence-electron chi connectivity index (χ1n) is 7.33. The molecule has 0 saturated heterocycles. The van der Waals surface area contributed by atoms with Gasteiger partial charge < -0.3 is 20.1 Å². The molecule has 5 heteroatoms. The molecule has 0 bridgehead atoms. The van der Waals surface area contributed by atoms with Gasteiger partial charge in [0.2, 0.25) is 5.91 Å². The van der Waals surface area contributed by atoms with Crippen molar-refractivity contribution in [1.82, 2.24) is 10.6 Å². The minimum Gasteiger partial charge on any atom is -0.380 e. The maximum Gasteiger partial charge on any atom is 0.246 e. The summed E-state index contributed by atoms with van der Waals surface area (Å²) in [6, 6.07) is 0. The summed E-state index contributed by atoms with van der Waals surface area (Å²) in [6.07, 6.45) is 0.816. The third kappa shape index (κ3) is 15.4. The molecule has 0 aromatic heterocycles. The molecule has 0 aromatic rings. The molecule has 0 fully saturated rings. The molecule has 120 valence electrons. The van der Waals surface area contributed by atoms with Gasteiger partial charge in [-0.05, 0) is 48.0 Å². The van der Waals surface area contributed by atoms with Crippen LogP contribution in [0, 0.1) is 0 Å². The standard InChI is InChI=1S/C15H32N2O3/c1-14(2,3)17-9-11-19-10-7-8-16-13(18)12-20-15(4,5)6/h17H,7-12H2,1-6H3,(H,16,18). The van der Waals surface area contributed by atoms with Gasteiger partial charge in [0.15, 0.2) is 0 Å². The first-order valence-corrected chi connectivity index (χ1v) is 7.33. The number of rotatable bonds is 9. The van der Waals surface area contributed by atoms with E-state index in [1.807, 2.05) is 20.8 Å². The van der Waals surface area contributed by atoms with Crippen molar-refractivity contribution in [2.24, 2.45) is 0 Å². The van der Waals surface area contributed by atoms with Crippen LogP contribution in [0.25, 0.3) is 0 Å². The van der Waals surface area contributed by atoms with Gasteiger partial charge in [0.25, 0.3) is 0 Å². The minimum atomic E-state index is -0.277. The minimum absolute atomic E-state index is 0.0747. The number of hydrogen-bond donors (Lipinski definition) is 2. The average molecular weight is 288 g/mol. The van der Waals surface area contributed by atoms with Crippen LogP contribution in [0.2, 0.25) is 0 Å². The van der Waals surface area contributed by atoms with Crippen molar-refractivity contribution >= 4 is 5.91 Å². The topological polar surface area (TPSA) is 59.6 Å². The second-order valence-corrected chi connectivity index (χ2v) is 6.89. The highest BCUT2D eigenvalue weighted by molar-refractivity contribution is 5.77. The molecular weight excluding hydrogens is 256 g/mol. The van der Waals surface area contributed by atoms with Gasteiger partial charge in [0, 0.05) is 25.2 Å². The Labute approximate surface area is 123 Å². The average Bonchev–Trinajstić information content (AvgIpc) is 2.27. The van der Waals surface area contributed by atoms with E-state index in [1.165, 1.54) is 0 Å². The van der Waals surface area contributed by atoms with Crippen LogP contribution in [-0.2, 0) is 14.3 Å². The number of carbonyl (C=O) groups is 1. The van der Waals surface area contributed by atoms with E-state index in [4.69, 9.17) is 9.47 Å². The monoisotopic (exact) mass is 288 g/mol. The highest BCUT2D eigenvalue weighted by Gasteiger charge is 2.12. The third-order valence-electron chi connectivity index (χ3n) is 2.33. The van der Waals surface area contributed by atoms with Gasteiger partial charge in [-0.3, -0.25) is 4.79 Å². The van der Waals surface area contributed by atoms with Gasteiger partial charge in [0.05, 0.1) is 12.2 Å². The van der Waals surface area contributed by atoms with Crippen molar-refractivity contribution in [2.45, 2.75) is 59.1 Å². The molecule has 1 amide bonds. The molecule has 5 nitrogen and oxygen atoms in total. The Hall–Kier alpha value is -0.650. The molecule has 0 saturated carbocycles. The van der Waals surface area contributed by atoms with Crippen molar-refractivity contribution in [2.75, 3.05) is 32.9 Å². The van der Waals surface area contributed by atoms with Crippen molar-refractivity contribution < 1.29 is 14.3 Å². The van der Waals surface area contributed by atoms with E-state index in [1.54, 1.807) is 0 Å². The Morgan fingerprint density at radius 2 is 1.65 bits per heavy atom. The molecule has 0 radical (unpaired) electrons. The van der Waals surface area contributed by atoms with Crippen LogP contribution < -0.4 is 10.6 Å². The molecule has 0 aliphatic rings. The molecule has 0 aliphatic heterocycles. The molecule has 0 atom stereocenters. The van der Waals surface area contributed by atoms with Crippen molar-refractivity contribution in [3.63, 3.8) is 0 Å². The summed E-state index contributed by atoms with van der Waals surface area (Å²) >= 11 is 0. The summed E-state index contributed by atoms with van der Waals surface area (Å²) in [5.74, 6) is -0.0747. The first-order chi connectivity index (χ1) is 9.10. The summed E-state index contributed by atoms with van der Waals surface area (Å²) in [7, 11) is 0. The Bertz CT molecular complexity index is 267. The number of amides is 1.